The smallest absolute Gasteiger partial charge is 0.307 e. The molecule has 2 fully saturated rings. The predicted octanol–water partition coefficient (Wildman–Crippen LogP) is 15.0. The van der Waals surface area contributed by atoms with Gasteiger partial charge in [-0.3, -0.25) is 38.8 Å². The summed E-state index contributed by atoms with van der Waals surface area (Å²) in [6.45, 7) is 15.2. The molecule has 0 N–H and O–H groups in total. The maximum absolute atomic E-state index is 12.8. The number of hydrogen-bond donors (Lipinski definition) is 0. The summed E-state index contributed by atoms with van der Waals surface area (Å²) < 4.78 is 23.1. The molecule has 4 heterocycles. The number of fused-ring (bicyclic) bond motifs is 2. The zero-order valence-corrected chi connectivity index (χ0v) is 52.9. The molecule has 2 saturated heterocycles. The fourth-order valence-electron chi connectivity index (χ4n) is 11.2. The number of nitrogens with zero attached hydrogens (tertiary/aromatic N) is 6. The van der Waals surface area contributed by atoms with Gasteiger partial charge in [0.1, 0.15) is 11.5 Å². The van der Waals surface area contributed by atoms with Crippen molar-refractivity contribution in [2.45, 2.75) is 155 Å². The minimum absolute atomic E-state index is 0.0201. The number of carbonyl (C=O) groups is 4. The van der Waals surface area contributed by atoms with Crippen LogP contribution in [0.5, 0.6) is 11.5 Å². The van der Waals surface area contributed by atoms with Crippen molar-refractivity contribution in [3.05, 3.63) is 104 Å². The zero-order chi connectivity index (χ0) is 59.5. The summed E-state index contributed by atoms with van der Waals surface area (Å²) in [5.74, 6) is 0.925. The van der Waals surface area contributed by atoms with Crippen molar-refractivity contribution in [2.75, 3.05) is 112 Å². The highest BCUT2D eigenvalue weighted by atomic mass is 35.5. The van der Waals surface area contributed by atoms with Crippen LogP contribution in [0.25, 0.3) is 0 Å². The Balaban J connectivity index is 0.000000243. The highest BCUT2D eigenvalue weighted by Gasteiger charge is 2.28. The maximum Gasteiger partial charge on any atom is 0.307 e. The van der Waals surface area contributed by atoms with Gasteiger partial charge in [0.05, 0.1) is 56.1 Å². The van der Waals surface area contributed by atoms with Crippen molar-refractivity contribution in [3.63, 3.8) is 0 Å². The monoisotopic (exact) mass is 1230 g/mol. The fraction of sp³-hybridized carbons (Fsp3) is 0.576. The Morgan fingerprint density at radius 1 is 0.440 bits per heavy atom. The van der Waals surface area contributed by atoms with E-state index in [2.05, 4.69) is 33.4 Å². The van der Waals surface area contributed by atoms with Crippen LogP contribution in [0.2, 0.25) is 20.1 Å². The molecule has 4 aromatic carbocycles. The Morgan fingerprint density at radius 3 is 1.26 bits per heavy atom. The van der Waals surface area contributed by atoms with Crippen molar-refractivity contribution in [3.8, 4) is 11.5 Å². The Morgan fingerprint density at radius 2 is 0.833 bits per heavy atom. The van der Waals surface area contributed by atoms with Gasteiger partial charge in [0.2, 0.25) is 11.8 Å². The quantitative estimate of drug-likeness (QED) is 0.0341. The number of piperazine rings is 2. The van der Waals surface area contributed by atoms with Crippen LogP contribution < -0.4 is 29.1 Å². The van der Waals surface area contributed by atoms with Crippen LogP contribution >= 0.6 is 46.4 Å². The Hall–Kier alpha value is -4.96. The van der Waals surface area contributed by atoms with E-state index < -0.39 is 0 Å². The lowest BCUT2D eigenvalue weighted by molar-refractivity contribution is -0.145. The molecule has 0 saturated carbocycles. The average Bonchev–Trinajstić information content (AvgIpc) is 3.20. The topological polar surface area (TPSA) is 125 Å². The van der Waals surface area contributed by atoms with Gasteiger partial charge in [0.25, 0.3) is 0 Å². The molecule has 84 heavy (non-hydrogen) atoms. The van der Waals surface area contributed by atoms with Gasteiger partial charge in [-0.05, 0) is 112 Å². The third kappa shape index (κ3) is 21.2. The molecule has 18 heteroatoms. The van der Waals surface area contributed by atoms with E-state index in [0.717, 1.165) is 175 Å². The molecule has 0 aromatic heterocycles. The van der Waals surface area contributed by atoms with Gasteiger partial charge in [-0.25, -0.2) is 0 Å². The van der Waals surface area contributed by atoms with E-state index in [1.807, 2.05) is 72.8 Å². The average molecular weight is 1240 g/mol. The number of carbonyl (C=O) groups excluding carboxylic acids is 4. The van der Waals surface area contributed by atoms with Gasteiger partial charge in [0, 0.05) is 90.2 Å². The second kappa shape index (κ2) is 36.2. The van der Waals surface area contributed by atoms with Crippen molar-refractivity contribution in [1.29, 1.82) is 0 Å². The van der Waals surface area contributed by atoms with Crippen molar-refractivity contribution >= 4 is 92.9 Å². The molecule has 4 aromatic rings. The van der Waals surface area contributed by atoms with Gasteiger partial charge in [-0.15, -0.1) is 0 Å². The number of anilines is 4. The second-order valence-electron chi connectivity index (χ2n) is 22.5. The summed E-state index contributed by atoms with van der Waals surface area (Å²) in [5.41, 5.74) is 5.74. The standard InChI is InChI=1S/C36H51Cl2N3O4.C30H39Cl2N3O4/c1-2-3-4-5-6-7-8-9-10-16-35(43)45-28-41-33-27-30(19-17-29(33)18-20-34(41)42)44-26-12-11-21-39-22-24-40(25-23-39)32-15-13-14-31(37)36(32)38;1-2-3-4-10-29(37)39-22-35-27-21-24(13-11-23(27)12-14-28(35)36)38-20-6-5-15-33-16-18-34(19-17-33)26-9-7-8-25(31)30(26)32/h13-15,17,19,27H,2-12,16,18,20-26,28H2,1H3;7-9,11,13,21H,2-6,10,12,14-20,22H2,1H3. The molecule has 0 radical (unpaired) electrons. The molecule has 0 spiro atoms. The van der Waals surface area contributed by atoms with Crippen molar-refractivity contribution < 1.29 is 38.1 Å². The first kappa shape index (κ1) is 66.6. The number of esters is 2. The summed E-state index contributed by atoms with van der Waals surface area (Å²) in [7, 11) is 0. The number of rotatable bonds is 32. The molecule has 14 nitrogen and oxygen atoms in total. The van der Waals surface area contributed by atoms with Crippen LogP contribution in [-0.4, -0.2) is 126 Å². The Kier molecular flexibility index (Phi) is 28.7. The summed E-state index contributed by atoms with van der Waals surface area (Å²) in [6.07, 6.45) is 20.6. The van der Waals surface area contributed by atoms with E-state index in [4.69, 9.17) is 65.4 Å². The molecule has 460 valence electrons. The molecule has 4 aliphatic rings. The molecular formula is C66H90Cl4N6O8. The molecule has 0 unspecified atom stereocenters. The number of amides is 2. The molecule has 0 atom stereocenters. The first-order valence-corrected chi connectivity index (χ1v) is 32.7. The minimum atomic E-state index is -0.259. The molecule has 0 aliphatic carbocycles. The summed E-state index contributed by atoms with van der Waals surface area (Å²) in [5, 5.41) is 2.45. The van der Waals surface area contributed by atoms with E-state index in [-0.39, 0.29) is 37.2 Å². The third-order valence-corrected chi connectivity index (χ3v) is 17.9. The van der Waals surface area contributed by atoms with Crippen LogP contribution in [0.3, 0.4) is 0 Å². The highest BCUT2D eigenvalue weighted by molar-refractivity contribution is 6.44. The molecule has 8 rings (SSSR count). The summed E-state index contributed by atoms with van der Waals surface area (Å²) in [4.78, 5) is 62.5. The molecular weight excluding hydrogens is 1150 g/mol. The van der Waals surface area contributed by atoms with Crippen LogP contribution in [-0.2, 0) is 41.5 Å². The lowest BCUT2D eigenvalue weighted by Crippen LogP contribution is -2.46. The highest BCUT2D eigenvalue weighted by Crippen LogP contribution is 2.36. The number of ether oxygens (including phenoxy) is 4. The number of aryl methyl sites for hydroxylation is 2. The van der Waals surface area contributed by atoms with Crippen molar-refractivity contribution in [2.24, 2.45) is 0 Å². The lowest BCUT2D eigenvalue weighted by Gasteiger charge is -2.36. The largest absolute Gasteiger partial charge is 0.494 e. The number of halogens is 4. The van der Waals surface area contributed by atoms with Gasteiger partial charge < -0.3 is 28.7 Å². The van der Waals surface area contributed by atoms with Crippen LogP contribution in [0.1, 0.15) is 153 Å². The van der Waals surface area contributed by atoms with E-state index in [1.165, 1.54) is 38.5 Å². The molecule has 4 aliphatic heterocycles. The minimum Gasteiger partial charge on any atom is -0.494 e. The fourth-order valence-corrected chi connectivity index (χ4v) is 12.0. The SMILES string of the molecule is CCCCCC(=O)OCN1C(=O)CCc2ccc(OCCCCN3CCN(c4cccc(Cl)c4Cl)CC3)cc21.CCCCCCCCCCCC(=O)OCN1C(=O)CCc2ccc(OCCCCN3CCN(c4cccc(Cl)c4Cl)CC3)cc21. The van der Waals surface area contributed by atoms with E-state index in [0.29, 0.717) is 71.8 Å². The van der Waals surface area contributed by atoms with Crippen LogP contribution in [0.4, 0.5) is 22.7 Å². The Labute approximate surface area is 520 Å². The van der Waals surface area contributed by atoms with E-state index in [9.17, 15) is 19.2 Å². The third-order valence-electron chi connectivity index (χ3n) is 16.3. The van der Waals surface area contributed by atoms with Crippen LogP contribution in [0.15, 0.2) is 72.8 Å². The van der Waals surface area contributed by atoms with Gasteiger partial charge in [-0.2, -0.15) is 0 Å². The maximum atomic E-state index is 12.8. The summed E-state index contributed by atoms with van der Waals surface area (Å²) >= 11 is 25.2. The van der Waals surface area contributed by atoms with E-state index >= 15 is 0 Å². The Bertz CT molecular complexity index is 2700. The molecule has 0 bridgehead atoms. The summed E-state index contributed by atoms with van der Waals surface area (Å²) in [6, 6.07) is 23.4. The van der Waals surface area contributed by atoms with E-state index in [1.54, 1.807) is 9.80 Å². The number of unbranched alkanes of at least 4 members (excludes halogenated alkanes) is 12. The van der Waals surface area contributed by atoms with Crippen LogP contribution in [0, 0.1) is 0 Å². The van der Waals surface area contributed by atoms with Gasteiger partial charge >= 0.3 is 11.9 Å². The zero-order valence-electron chi connectivity index (χ0n) is 49.8. The van der Waals surface area contributed by atoms with Gasteiger partial charge in [-0.1, -0.05) is 149 Å². The molecule has 2 amide bonds. The number of benzene rings is 4. The van der Waals surface area contributed by atoms with Gasteiger partial charge in [0.15, 0.2) is 13.5 Å². The lowest BCUT2D eigenvalue weighted by atomic mass is 10.0. The number of hydrogen-bond acceptors (Lipinski definition) is 12. The normalized spacial score (nSPS) is 15.5. The first-order valence-electron chi connectivity index (χ1n) is 31.2. The van der Waals surface area contributed by atoms with Crippen molar-refractivity contribution in [1.82, 2.24) is 9.80 Å². The second-order valence-corrected chi connectivity index (χ2v) is 24.0. The first-order chi connectivity index (χ1) is 40.9. The predicted molar refractivity (Wildman–Crippen MR) is 342 cm³/mol.